The Morgan fingerprint density at radius 1 is 1.03 bits per heavy atom. The van der Waals surface area contributed by atoms with Crippen molar-refractivity contribution < 1.29 is 30.8 Å². The third-order valence-electron chi connectivity index (χ3n) is 4.67. The Morgan fingerprint density at radius 3 is 2.33 bits per heavy atom. The van der Waals surface area contributed by atoms with Crippen molar-refractivity contribution in [3.8, 4) is 0 Å². The van der Waals surface area contributed by atoms with Gasteiger partial charge in [0.25, 0.3) is 5.91 Å². The maximum atomic E-state index is 14.2. The summed E-state index contributed by atoms with van der Waals surface area (Å²) in [6.07, 6.45) is -2.55. The van der Waals surface area contributed by atoms with Gasteiger partial charge in [0.05, 0.1) is 21.7 Å². The fourth-order valence-corrected chi connectivity index (χ4v) is 4.86. The van der Waals surface area contributed by atoms with Crippen LogP contribution in [0, 0.1) is 5.82 Å². The zero-order valence-corrected chi connectivity index (χ0v) is 17.0. The van der Waals surface area contributed by atoms with Crippen LogP contribution in [0.5, 0.6) is 0 Å². The Balaban J connectivity index is 1.94. The highest BCUT2D eigenvalue weighted by atomic mass is 35.5. The van der Waals surface area contributed by atoms with Crippen LogP contribution in [0.15, 0.2) is 41.3 Å². The Labute approximate surface area is 175 Å². The molecule has 0 bridgehead atoms. The number of carbonyl (C=O) groups is 1. The molecule has 162 valence electrons. The lowest BCUT2D eigenvalue weighted by molar-refractivity contribution is -0.136. The summed E-state index contributed by atoms with van der Waals surface area (Å²) in [5, 5.41) is 1.80. The number of nitrogens with zero attached hydrogens (tertiary/aromatic N) is 1. The molecule has 2 aromatic rings. The first kappa shape index (κ1) is 22.5. The molecule has 0 saturated carbocycles. The molecule has 1 amide bonds. The van der Waals surface area contributed by atoms with E-state index in [0.29, 0.717) is 32.0 Å². The van der Waals surface area contributed by atoms with Gasteiger partial charge in [0.15, 0.2) is 0 Å². The predicted octanol–water partition coefficient (Wildman–Crippen LogP) is 4.92. The van der Waals surface area contributed by atoms with Crippen molar-refractivity contribution in [3.63, 3.8) is 0 Å². The first-order valence-electron chi connectivity index (χ1n) is 8.98. The Bertz CT molecular complexity index is 1070. The number of alkyl halides is 3. The molecular formula is C19H17ClF4N2O3S. The van der Waals surface area contributed by atoms with Gasteiger partial charge in [-0.1, -0.05) is 18.0 Å². The van der Waals surface area contributed by atoms with E-state index >= 15 is 0 Å². The lowest BCUT2D eigenvalue weighted by Crippen LogP contribution is -2.35. The molecule has 0 aromatic heterocycles. The number of benzene rings is 2. The van der Waals surface area contributed by atoms with Gasteiger partial charge in [-0.15, -0.1) is 0 Å². The summed E-state index contributed by atoms with van der Waals surface area (Å²) in [7, 11) is -3.96. The molecule has 3 rings (SSSR count). The molecule has 1 N–H and O–H groups in total. The minimum atomic E-state index is -4.81. The summed E-state index contributed by atoms with van der Waals surface area (Å²) in [5.41, 5.74) is -2.52. The Morgan fingerprint density at radius 2 is 1.70 bits per heavy atom. The third-order valence-corrected chi connectivity index (χ3v) is 6.80. The lowest BCUT2D eigenvalue weighted by atomic mass is 10.1. The van der Waals surface area contributed by atoms with E-state index in [0.717, 1.165) is 36.8 Å². The van der Waals surface area contributed by atoms with E-state index < -0.39 is 44.7 Å². The van der Waals surface area contributed by atoms with E-state index in [1.54, 1.807) is 0 Å². The van der Waals surface area contributed by atoms with Crippen LogP contribution in [0.2, 0.25) is 5.02 Å². The van der Waals surface area contributed by atoms with Crippen molar-refractivity contribution >= 4 is 33.2 Å². The molecule has 1 fully saturated rings. The zero-order chi connectivity index (χ0) is 22.1. The van der Waals surface area contributed by atoms with Gasteiger partial charge in [-0.05, 0) is 49.2 Å². The standard InChI is InChI=1S/C19H17ClF4N2O3S/c20-12-4-7-17(15(10-12)19(22,23)24)25-18(27)14-11-13(5-6-16(14)21)30(28,29)26-8-2-1-3-9-26/h4-7,10-11H,1-3,8-9H2,(H,25,27). The molecule has 0 spiro atoms. The van der Waals surface area contributed by atoms with Gasteiger partial charge in [0, 0.05) is 18.1 Å². The highest BCUT2D eigenvalue weighted by Gasteiger charge is 2.34. The van der Waals surface area contributed by atoms with Crippen LogP contribution in [0.25, 0.3) is 0 Å². The number of nitrogens with one attached hydrogen (secondary N) is 1. The lowest BCUT2D eigenvalue weighted by Gasteiger charge is -2.26. The summed E-state index contributed by atoms with van der Waals surface area (Å²) in [6, 6.07) is 5.37. The number of amides is 1. The summed E-state index contributed by atoms with van der Waals surface area (Å²) in [5.74, 6) is -2.27. The van der Waals surface area contributed by atoms with E-state index in [4.69, 9.17) is 11.6 Å². The fraction of sp³-hybridized carbons (Fsp3) is 0.316. The third kappa shape index (κ3) is 4.76. The number of rotatable bonds is 4. The second-order valence-corrected chi connectivity index (χ2v) is 9.12. The molecule has 1 heterocycles. The number of halogens is 5. The molecule has 1 aliphatic rings. The van der Waals surface area contributed by atoms with E-state index in [9.17, 15) is 30.8 Å². The second kappa shape index (κ2) is 8.52. The average molecular weight is 465 g/mol. The maximum absolute atomic E-state index is 14.2. The van der Waals surface area contributed by atoms with Crippen LogP contribution in [0.4, 0.5) is 23.2 Å². The molecule has 0 unspecified atom stereocenters. The van der Waals surface area contributed by atoms with Crippen molar-refractivity contribution in [1.82, 2.24) is 4.31 Å². The summed E-state index contributed by atoms with van der Waals surface area (Å²) in [4.78, 5) is 12.2. The van der Waals surface area contributed by atoms with Gasteiger partial charge in [-0.3, -0.25) is 4.79 Å². The topological polar surface area (TPSA) is 66.5 Å². The van der Waals surface area contributed by atoms with E-state index in [-0.39, 0.29) is 9.92 Å². The molecule has 1 saturated heterocycles. The molecule has 0 aliphatic carbocycles. The number of sulfonamides is 1. The first-order valence-corrected chi connectivity index (χ1v) is 10.8. The molecule has 2 aromatic carbocycles. The van der Waals surface area contributed by atoms with Crippen LogP contribution in [0.1, 0.15) is 35.2 Å². The Hall–Kier alpha value is -2.17. The zero-order valence-electron chi connectivity index (χ0n) is 15.5. The van der Waals surface area contributed by atoms with E-state index in [1.807, 2.05) is 5.32 Å². The highest BCUT2D eigenvalue weighted by molar-refractivity contribution is 7.89. The molecule has 0 atom stereocenters. The number of carbonyl (C=O) groups excluding carboxylic acids is 1. The molecule has 0 radical (unpaired) electrons. The number of anilines is 1. The fourth-order valence-electron chi connectivity index (χ4n) is 3.14. The maximum Gasteiger partial charge on any atom is 0.418 e. The van der Waals surface area contributed by atoms with Gasteiger partial charge in [0.2, 0.25) is 10.0 Å². The largest absolute Gasteiger partial charge is 0.418 e. The van der Waals surface area contributed by atoms with Crippen LogP contribution < -0.4 is 5.32 Å². The van der Waals surface area contributed by atoms with E-state index in [1.165, 1.54) is 4.31 Å². The van der Waals surface area contributed by atoms with Gasteiger partial charge in [-0.2, -0.15) is 17.5 Å². The van der Waals surface area contributed by atoms with Crippen LogP contribution in [-0.2, 0) is 16.2 Å². The summed E-state index contributed by atoms with van der Waals surface area (Å²) >= 11 is 5.60. The Kier molecular flexibility index (Phi) is 6.40. The minimum Gasteiger partial charge on any atom is -0.321 e. The van der Waals surface area contributed by atoms with Gasteiger partial charge < -0.3 is 5.32 Å². The quantitative estimate of drug-likeness (QED) is 0.653. The first-order chi connectivity index (χ1) is 14.0. The van der Waals surface area contributed by atoms with Gasteiger partial charge >= 0.3 is 6.18 Å². The molecule has 11 heteroatoms. The van der Waals surface area contributed by atoms with Crippen molar-refractivity contribution in [3.05, 3.63) is 58.4 Å². The van der Waals surface area contributed by atoms with Crippen molar-refractivity contribution in [2.75, 3.05) is 18.4 Å². The average Bonchev–Trinajstić information content (AvgIpc) is 2.69. The van der Waals surface area contributed by atoms with Crippen molar-refractivity contribution in [2.45, 2.75) is 30.3 Å². The second-order valence-electron chi connectivity index (χ2n) is 6.75. The van der Waals surface area contributed by atoms with Crippen LogP contribution >= 0.6 is 11.6 Å². The number of piperidine rings is 1. The van der Waals surface area contributed by atoms with Gasteiger partial charge in [-0.25, -0.2) is 12.8 Å². The number of hydrogen-bond acceptors (Lipinski definition) is 3. The van der Waals surface area contributed by atoms with Crippen molar-refractivity contribution in [1.29, 1.82) is 0 Å². The normalized spacial score (nSPS) is 15.8. The van der Waals surface area contributed by atoms with Crippen LogP contribution in [-0.4, -0.2) is 31.7 Å². The molecule has 1 aliphatic heterocycles. The van der Waals surface area contributed by atoms with E-state index in [2.05, 4.69) is 0 Å². The van der Waals surface area contributed by atoms with Crippen LogP contribution in [0.3, 0.4) is 0 Å². The molecule has 5 nitrogen and oxygen atoms in total. The SMILES string of the molecule is O=C(Nc1ccc(Cl)cc1C(F)(F)F)c1cc(S(=O)(=O)N2CCCCC2)ccc1F. The van der Waals surface area contributed by atoms with Crippen molar-refractivity contribution in [2.24, 2.45) is 0 Å². The predicted molar refractivity (Wildman–Crippen MR) is 103 cm³/mol. The monoisotopic (exact) mass is 464 g/mol. The van der Waals surface area contributed by atoms with Gasteiger partial charge in [0.1, 0.15) is 5.82 Å². The minimum absolute atomic E-state index is 0.193. The molecule has 30 heavy (non-hydrogen) atoms. The highest BCUT2D eigenvalue weighted by Crippen LogP contribution is 2.36. The smallest absolute Gasteiger partial charge is 0.321 e. The number of hydrogen-bond donors (Lipinski definition) is 1. The summed E-state index contributed by atoms with van der Waals surface area (Å²) in [6.45, 7) is 0.613. The molecular weight excluding hydrogens is 448 g/mol. The summed E-state index contributed by atoms with van der Waals surface area (Å²) < 4.78 is 80.7.